The molecule has 2 aromatic rings. The number of aliphatic hydroxyl groups excluding tert-OH is 1. The molecule has 2 rings (SSSR count). The summed E-state index contributed by atoms with van der Waals surface area (Å²) in [7, 11) is 0. The summed E-state index contributed by atoms with van der Waals surface area (Å²) >= 11 is 0. The maximum Gasteiger partial charge on any atom is 0.285 e. The first kappa shape index (κ1) is 17.7. The van der Waals surface area contributed by atoms with E-state index in [4.69, 9.17) is 4.74 Å². The Morgan fingerprint density at radius 2 is 2.00 bits per heavy atom. The topological polar surface area (TPSA) is 88.1 Å². The Balaban J connectivity index is 2.17. The summed E-state index contributed by atoms with van der Waals surface area (Å²) in [5.74, 6) is 0.644. The van der Waals surface area contributed by atoms with Crippen LogP contribution in [0.2, 0.25) is 0 Å². The van der Waals surface area contributed by atoms with E-state index in [0.29, 0.717) is 29.8 Å². The highest BCUT2D eigenvalue weighted by Gasteiger charge is 2.17. The lowest BCUT2D eigenvalue weighted by atomic mass is 10.0. The Hall–Kier alpha value is -2.65. The van der Waals surface area contributed by atoms with Crippen molar-refractivity contribution in [3.63, 3.8) is 0 Å². The van der Waals surface area contributed by atoms with Crippen molar-refractivity contribution < 1.29 is 9.84 Å². The lowest BCUT2D eigenvalue weighted by molar-refractivity contribution is 0.0877. The van der Waals surface area contributed by atoms with Gasteiger partial charge in [0.25, 0.3) is 5.56 Å². The van der Waals surface area contributed by atoms with Crippen LogP contribution in [-0.4, -0.2) is 27.6 Å². The summed E-state index contributed by atoms with van der Waals surface area (Å²) < 4.78 is 6.64. The maximum absolute atomic E-state index is 12.4. The van der Waals surface area contributed by atoms with Crippen LogP contribution in [0.15, 0.2) is 35.1 Å². The third-order valence-electron chi connectivity index (χ3n) is 3.71. The summed E-state index contributed by atoms with van der Waals surface area (Å²) in [6.07, 6.45) is 0.294. The highest BCUT2D eigenvalue weighted by molar-refractivity contribution is 5.38. The number of hydrogen-bond donors (Lipinski definition) is 1. The van der Waals surface area contributed by atoms with Gasteiger partial charge in [-0.05, 0) is 30.5 Å². The van der Waals surface area contributed by atoms with Gasteiger partial charge >= 0.3 is 0 Å². The zero-order valence-electron chi connectivity index (χ0n) is 13.9. The smallest absolute Gasteiger partial charge is 0.285 e. The Labute approximate surface area is 140 Å². The molecular weight excluding hydrogens is 306 g/mol. The molecule has 0 aliphatic carbocycles. The molecular formula is C18H21N3O3. The van der Waals surface area contributed by atoms with Crippen molar-refractivity contribution in [1.29, 1.82) is 5.26 Å². The predicted octanol–water partition coefficient (Wildman–Crippen LogP) is 1.68. The molecule has 0 amide bonds. The number of benzene rings is 1. The Kier molecular flexibility index (Phi) is 6.10. The van der Waals surface area contributed by atoms with Gasteiger partial charge in [0.15, 0.2) is 0 Å². The SMILES string of the molecule is CCc1nn(CC(O)COc2ccccc2)c(=O)c(C#N)c1CC. The van der Waals surface area contributed by atoms with Crippen LogP contribution in [0.1, 0.15) is 30.7 Å². The standard InChI is InChI=1S/C18H21N3O3/c1-3-15-16(10-19)18(23)21(20-17(15)4-2)11-13(22)12-24-14-8-6-5-7-9-14/h5-9,13,22H,3-4,11-12H2,1-2H3. The van der Waals surface area contributed by atoms with Crippen molar-refractivity contribution in [1.82, 2.24) is 9.78 Å². The third kappa shape index (κ3) is 4.00. The summed E-state index contributed by atoms with van der Waals surface area (Å²) in [5, 5.41) is 23.7. The summed E-state index contributed by atoms with van der Waals surface area (Å²) in [6.45, 7) is 3.84. The zero-order valence-corrected chi connectivity index (χ0v) is 13.9. The first-order chi connectivity index (χ1) is 11.6. The molecule has 0 saturated heterocycles. The Morgan fingerprint density at radius 1 is 1.29 bits per heavy atom. The molecule has 1 aromatic carbocycles. The lowest BCUT2D eigenvalue weighted by Gasteiger charge is -2.15. The summed E-state index contributed by atoms with van der Waals surface area (Å²) in [5.41, 5.74) is 1.05. The number of nitrogens with zero attached hydrogens (tertiary/aromatic N) is 3. The fraction of sp³-hybridized carbons (Fsp3) is 0.389. The first-order valence-electron chi connectivity index (χ1n) is 7.99. The molecule has 0 fully saturated rings. The molecule has 1 heterocycles. The second-order valence-corrected chi connectivity index (χ2v) is 5.38. The number of aromatic nitrogens is 2. The largest absolute Gasteiger partial charge is 0.491 e. The number of ether oxygens (including phenoxy) is 1. The quantitative estimate of drug-likeness (QED) is 0.836. The van der Waals surface area contributed by atoms with Crippen molar-refractivity contribution in [3.05, 3.63) is 57.5 Å². The van der Waals surface area contributed by atoms with E-state index in [1.807, 2.05) is 38.1 Å². The highest BCUT2D eigenvalue weighted by Crippen LogP contribution is 2.11. The van der Waals surface area contributed by atoms with Crippen molar-refractivity contribution in [3.8, 4) is 11.8 Å². The van der Waals surface area contributed by atoms with Crippen LogP contribution in [-0.2, 0) is 19.4 Å². The molecule has 6 heteroatoms. The van der Waals surface area contributed by atoms with Gasteiger partial charge in [-0.15, -0.1) is 0 Å². The predicted molar refractivity (Wildman–Crippen MR) is 89.9 cm³/mol. The fourth-order valence-electron chi connectivity index (χ4n) is 2.52. The van der Waals surface area contributed by atoms with Crippen molar-refractivity contribution in [2.75, 3.05) is 6.61 Å². The van der Waals surface area contributed by atoms with Crippen LogP contribution in [0.4, 0.5) is 0 Å². The van der Waals surface area contributed by atoms with E-state index < -0.39 is 11.7 Å². The van der Waals surface area contributed by atoms with E-state index in [0.717, 1.165) is 4.68 Å². The van der Waals surface area contributed by atoms with Crippen LogP contribution >= 0.6 is 0 Å². The van der Waals surface area contributed by atoms with Gasteiger partial charge in [0.2, 0.25) is 0 Å². The van der Waals surface area contributed by atoms with Crippen LogP contribution < -0.4 is 10.3 Å². The minimum absolute atomic E-state index is 0.0165. The highest BCUT2D eigenvalue weighted by atomic mass is 16.5. The van der Waals surface area contributed by atoms with Gasteiger partial charge in [0.05, 0.1) is 12.2 Å². The molecule has 1 N–H and O–H groups in total. The second-order valence-electron chi connectivity index (χ2n) is 5.38. The monoisotopic (exact) mass is 327 g/mol. The molecule has 0 radical (unpaired) electrons. The normalized spacial score (nSPS) is 11.8. The maximum atomic E-state index is 12.4. The fourth-order valence-corrected chi connectivity index (χ4v) is 2.52. The lowest BCUT2D eigenvalue weighted by Crippen LogP contribution is -2.34. The first-order valence-corrected chi connectivity index (χ1v) is 7.99. The Bertz CT molecular complexity index is 779. The Morgan fingerprint density at radius 3 is 2.58 bits per heavy atom. The number of aliphatic hydroxyl groups is 1. The van der Waals surface area contributed by atoms with E-state index in [2.05, 4.69) is 5.10 Å². The second kappa shape index (κ2) is 8.27. The number of rotatable bonds is 7. The van der Waals surface area contributed by atoms with Crippen molar-refractivity contribution >= 4 is 0 Å². The average Bonchev–Trinajstić information content (AvgIpc) is 2.61. The van der Waals surface area contributed by atoms with E-state index in [-0.39, 0.29) is 18.7 Å². The summed E-state index contributed by atoms with van der Waals surface area (Å²) in [6, 6.07) is 11.1. The van der Waals surface area contributed by atoms with Gasteiger partial charge in [-0.1, -0.05) is 32.0 Å². The van der Waals surface area contributed by atoms with Gasteiger partial charge in [-0.3, -0.25) is 4.79 Å². The number of hydrogen-bond acceptors (Lipinski definition) is 5. The van der Waals surface area contributed by atoms with E-state index in [9.17, 15) is 15.2 Å². The molecule has 0 aliphatic rings. The minimum atomic E-state index is -0.904. The number of nitriles is 1. The van der Waals surface area contributed by atoms with Gasteiger partial charge < -0.3 is 9.84 Å². The average molecular weight is 327 g/mol. The van der Waals surface area contributed by atoms with E-state index in [1.165, 1.54) is 0 Å². The molecule has 6 nitrogen and oxygen atoms in total. The minimum Gasteiger partial charge on any atom is -0.491 e. The number of aryl methyl sites for hydroxylation is 1. The van der Waals surface area contributed by atoms with Crippen LogP contribution in [0, 0.1) is 11.3 Å². The molecule has 126 valence electrons. The van der Waals surface area contributed by atoms with Crippen molar-refractivity contribution in [2.45, 2.75) is 39.3 Å². The van der Waals surface area contributed by atoms with Crippen LogP contribution in [0.5, 0.6) is 5.75 Å². The van der Waals surface area contributed by atoms with E-state index >= 15 is 0 Å². The molecule has 1 atom stereocenters. The van der Waals surface area contributed by atoms with Gasteiger partial charge in [-0.25, -0.2) is 4.68 Å². The van der Waals surface area contributed by atoms with Crippen molar-refractivity contribution in [2.24, 2.45) is 0 Å². The van der Waals surface area contributed by atoms with Crippen LogP contribution in [0.3, 0.4) is 0 Å². The van der Waals surface area contributed by atoms with E-state index in [1.54, 1.807) is 12.1 Å². The molecule has 0 bridgehead atoms. The van der Waals surface area contributed by atoms with Crippen LogP contribution in [0.25, 0.3) is 0 Å². The molecule has 1 unspecified atom stereocenters. The summed E-state index contributed by atoms with van der Waals surface area (Å²) in [4.78, 5) is 12.4. The van der Waals surface area contributed by atoms with Gasteiger partial charge in [0, 0.05) is 0 Å². The van der Waals surface area contributed by atoms with Gasteiger partial charge in [-0.2, -0.15) is 10.4 Å². The number of para-hydroxylation sites is 1. The molecule has 24 heavy (non-hydrogen) atoms. The molecule has 0 spiro atoms. The molecule has 0 aliphatic heterocycles. The molecule has 0 saturated carbocycles. The molecule has 1 aromatic heterocycles. The van der Waals surface area contributed by atoms with Gasteiger partial charge in [0.1, 0.15) is 30.1 Å². The zero-order chi connectivity index (χ0) is 17.5. The third-order valence-corrected chi connectivity index (χ3v) is 3.71.